The normalized spacial score (nSPS) is 17.1. The van der Waals surface area contributed by atoms with Gasteiger partial charge in [0.05, 0.1) is 6.26 Å². The number of carbonyl (C=O) groups excluding carboxylic acids is 1. The lowest BCUT2D eigenvalue weighted by Gasteiger charge is -2.29. The third-order valence-electron chi connectivity index (χ3n) is 4.32. The summed E-state index contributed by atoms with van der Waals surface area (Å²) in [6.07, 6.45) is 4.30. The summed E-state index contributed by atoms with van der Waals surface area (Å²) in [6, 6.07) is 8.41. The molecule has 1 saturated heterocycles. The maximum Gasteiger partial charge on any atom is 0.223 e. The second-order valence-electron chi connectivity index (χ2n) is 6.32. The highest BCUT2D eigenvalue weighted by molar-refractivity contribution is 7.88. The van der Waals surface area contributed by atoms with Gasteiger partial charge in [0.25, 0.3) is 0 Å². The number of amides is 1. The minimum absolute atomic E-state index is 0.0578. The van der Waals surface area contributed by atoms with E-state index in [0.29, 0.717) is 32.5 Å². The molecule has 1 aliphatic rings. The molecule has 0 atom stereocenters. The van der Waals surface area contributed by atoms with Gasteiger partial charge in [0.15, 0.2) is 0 Å². The summed E-state index contributed by atoms with van der Waals surface area (Å²) in [5, 5.41) is 2.98. The Morgan fingerprint density at radius 3 is 2.61 bits per heavy atom. The van der Waals surface area contributed by atoms with Crippen molar-refractivity contribution in [3.63, 3.8) is 0 Å². The molecule has 0 aliphatic carbocycles. The quantitative estimate of drug-likeness (QED) is 0.803. The number of nitrogens with zero attached hydrogens (tertiary/aromatic N) is 1. The third-order valence-corrected chi connectivity index (χ3v) is 5.62. The van der Waals surface area contributed by atoms with Gasteiger partial charge in [-0.25, -0.2) is 12.7 Å². The SMILES string of the molecule is Cc1cccc(CCCNC(=O)C2CCN(S(C)(=O)=O)CC2)c1. The van der Waals surface area contributed by atoms with E-state index >= 15 is 0 Å². The number of aryl methyl sites for hydroxylation is 2. The fraction of sp³-hybridized carbons (Fsp3) is 0.588. The molecule has 1 aliphatic heterocycles. The first-order valence-corrected chi connectivity index (χ1v) is 9.99. The number of sulfonamides is 1. The van der Waals surface area contributed by atoms with Crippen molar-refractivity contribution in [2.45, 2.75) is 32.6 Å². The molecule has 1 aromatic rings. The minimum atomic E-state index is -3.13. The number of rotatable bonds is 6. The van der Waals surface area contributed by atoms with Gasteiger partial charge in [-0.05, 0) is 38.2 Å². The molecule has 0 saturated carbocycles. The van der Waals surface area contributed by atoms with Gasteiger partial charge in [-0.2, -0.15) is 0 Å². The lowest BCUT2D eigenvalue weighted by Crippen LogP contribution is -2.42. The highest BCUT2D eigenvalue weighted by Crippen LogP contribution is 2.19. The molecule has 0 spiro atoms. The van der Waals surface area contributed by atoms with Gasteiger partial charge in [0, 0.05) is 25.6 Å². The summed E-state index contributed by atoms with van der Waals surface area (Å²) >= 11 is 0. The Kier molecular flexibility index (Phi) is 6.18. The van der Waals surface area contributed by atoms with Gasteiger partial charge < -0.3 is 5.32 Å². The third kappa shape index (κ3) is 5.62. The van der Waals surface area contributed by atoms with E-state index in [9.17, 15) is 13.2 Å². The highest BCUT2D eigenvalue weighted by atomic mass is 32.2. The van der Waals surface area contributed by atoms with Crippen molar-refractivity contribution in [2.24, 2.45) is 5.92 Å². The molecule has 128 valence electrons. The molecule has 1 fully saturated rings. The molecule has 23 heavy (non-hydrogen) atoms. The van der Waals surface area contributed by atoms with Crippen LogP contribution in [0.2, 0.25) is 0 Å². The molecule has 0 unspecified atom stereocenters. The predicted octanol–water partition coefficient (Wildman–Crippen LogP) is 1.72. The molecule has 1 aromatic carbocycles. The molecular formula is C17H26N2O3S. The van der Waals surface area contributed by atoms with Crippen LogP contribution in [-0.4, -0.2) is 44.5 Å². The summed E-state index contributed by atoms with van der Waals surface area (Å²) < 4.78 is 24.4. The molecule has 2 rings (SSSR count). The summed E-state index contributed by atoms with van der Waals surface area (Å²) in [5.41, 5.74) is 2.55. The standard InChI is InChI=1S/C17H26N2O3S/c1-14-5-3-6-15(13-14)7-4-10-18-17(20)16-8-11-19(12-9-16)23(2,21)22/h3,5-6,13,16H,4,7-12H2,1-2H3,(H,18,20). The van der Waals surface area contributed by atoms with Crippen LogP contribution in [0.5, 0.6) is 0 Å². The van der Waals surface area contributed by atoms with Crippen LogP contribution < -0.4 is 5.32 Å². The fourth-order valence-corrected chi connectivity index (χ4v) is 3.84. The Morgan fingerprint density at radius 1 is 1.30 bits per heavy atom. The van der Waals surface area contributed by atoms with Crippen molar-refractivity contribution in [1.29, 1.82) is 0 Å². The molecule has 5 nitrogen and oxygen atoms in total. The largest absolute Gasteiger partial charge is 0.356 e. The minimum Gasteiger partial charge on any atom is -0.356 e. The molecule has 1 N–H and O–H groups in total. The first-order valence-electron chi connectivity index (χ1n) is 8.14. The van der Waals surface area contributed by atoms with Gasteiger partial charge in [-0.15, -0.1) is 0 Å². The Bertz CT molecular complexity index is 635. The molecule has 1 heterocycles. The zero-order chi connectivity index (χ0) is 16.9. The molecule has 1 amide bonds. The van der Waals surface area contributed by atoms with Gasteiger partial charge in [-0.3, -0.25) is 4.79 Å². The van der Waals surface area contributed by atoms with Crippen LogP contribution in [0.4, 0.5) is 0 Å². The van der Waals surface area contributed by atoms with Crippen LogP contribution in [0.15, 0.2) is 24.3 Å². The number of piperidine rings is 1. The summed E-state index contributed by atoms with van der Waals surface area (Å²) in [7, 11) is -3.13. The Morgan fingerprint density at radius 2 is 2.00 bits per heavy atom. The van der Waals surface area contributed by atoms with E-state index in [0.717, 1.165) is 12.8 Å². The van der Waals surface area contributed by atoms with E-state index in [1.165, 1.54) is 21.7 Å². The van der Waals surface area contributed by atoms with Crippen LogP contribution in [0, 0.1) is 12.8 Å². The topological polar surface area (TPSA) is 66.5 Å². The maximum absolute atomic E-state index is 12.1. The number of benzene rings is 1. The van der Waals surface area contributed by atoms with Crippen molar-refractivity contribution in [3.8, 4) is 0 Å². The van der Waals surface area contributed by atoms with E-state index in [4.69, 9.17) is 0 Å². The Labute approximate surface area is 139 Å². The summed E-state index contributed by atoms with van der Waals surface area (Å²) in [6.45, 7) is 3.63. The lowest BCUT2D eigenvalue weighted by molar-refractivity contribution is -0.126. The first kappa shape index (κ1) is 17.9. The van der Waals surface area contributed by atoms with Crippen molar-refractivity contribution >= 4 is 15.9 Å². The number of nitrogens with one attached hydrogen (secondary N) is 1. The van der Waals surface area contributed by atoms with Crippen molar-refractivity contribution < 1.29 is 13.2 Å². The van der Waals surface area contributed by atoms with Crippen LogP contribution in [0.25, 0.3) is 0 Å². The van der Waals surface area contributed by atoms with E-state index < -0.39 is 10.0 Å². The van der Waals surface area contributed by atoms with E-state index in [2.05, 4.69) is 36.5 Å². The molecule has 0 bridgehead atoms. The predicted molar refractivity (Wildman–Crippen MR) is 91.7 cm³/mol. The zero-order valence-corrected chi connectivity index (χ0v) is 14.7. The van der Waals surface area contributed by atoms with Crippen molar-refractivity contribution in [1.82, 2.24) is 9.62 Å². The van der Waals surface area contributed by atoms with E-state index in [1.54, 1.807) is 0 Å². The monoisotopic (exact) mass is 338 g/mol. The second-order valence-corrected chi connectivity index (χ2v) is 8.30. The van der Waals surface area contributed by atoms with Crippen LogP contribution in [-0.2, 0) is 21.2 Å². The lowest BCUT2D eigenvalue weighted by atomic mass is 9.97. The Hall–Kier alpha value is -1.40. The number of hydrogen-bond acceptors (Lipinski definition) is 3. The zero-order valence-electron chi connectivity index (χ0n) is 13.9. The van der Waals surface area contributed by atoms with Gasteiger partial charge >= 0.3 is 0 Å². The average molecular weight is 338 g/mol. The number of hydrogen-bond donors (Lipinski definition) is 1. The van der Waals surface area contributed by atoms with Gasteiger partial charge in [0.2, 0.25) is 15.9 Å². The first-order chi connectivity index (χ1) is 10.9. The molecular weight excluding hydrogens is 312 g/mol. The Balaban J connectivity index is 1.68. The number of carbonyl (C=O) groups is 1. The van der Waals surface area contributed by atoms with Crippen LogP contribution in [0.3, 0.4) is 0 Å². The van der Waals surface area contributed by atoms with Crippen molar-refractivity contribution in [2.75, 3.05) is 25.9 Å². The second kappa shape index (κ2) is 7.93. The van der Waals surface area contributed by atoms with E-state index in [1.807, 2.05) is 0 Å². The van der Waals surface area contributed by atoms with Crippen molar-refractivity contribution in [3.05, 3.63) is 35.4 Å². The molecule has 0 aromatic heterocycles. The fourth-order valence-electron chi connectivity index (χ4n) is 2.97. The average Bonchev–Trinajstić information content (AvgIpc) is 2.51. The highest BCUT2D eigenvalue weighted by Gasteiger charge is 2.28. The summed E-state index contributed by atoms with van der Waals surface area (Å²) in [5.74, 6) is -0.00522. The van der Waals surface area contributed by atoms with Crippen LogP contribution in [0.1, 0.15) is 30.4 Å². The molecule has 0 radical (unpaired) electrons. The van der Waals surface area contributed by atoms with E-state index in [-0.39, 0.29) is 11.8 Å². The smallest absolute Gasteiger partial charge is 0.223 e. The summed E-state index contributed by atoms with van der Waals surface area (Å²) in [4.78, 5) is 12.1. The molecule has 6 heteroatoms. The van der Waals surface area contributed by atoms with Gasteiger partial charge in [0.1, 0.15) is 0 Å². The van der Waals surface area contributed by atoms with Gasteiger partial charge in [-0.1, -0.05) is 29.8 Å². The van der Waals surface area contributed by atoms with Crippen LogP contribution >= 0.6 is 0 Å². The maximum atomic E-state index is 12.1.